The molecule has 0 bridgehead atoms. The van der Waals surface area contributed by atoms with Gasteiger partial charge in [-0.1, -0.05) is 12.1 Å². The van der Waals surface area contributed by atoms with Crippen molar-refractivity contribution in [2.75, 3.05) is 5.32 Å². The monoisotopic (exact) mass is 264 g/mol. The van der Waals surface area contributed by atoms with Gasteiger partial charge in [0.2, 0.25) is 0 Å². The van der Waals surface area contributed by atoms with Crippen molar-refractivity contribution in [1.29, 1.82) is 0 Å². The molecule has 0 atom stereocenters. The van der Waals surface area contributed by atoms with Crippen molar-refractivity contribution < 1.29 is 9.21 Å². The van der Waals surface area contributed by atoms with Gasteiger partial charge in [0.15, 0.2) is 0 Å². The first-order valence-electron chi connectivity index (χ1n) is 6.18. The SMILES string of the molecule is O=C(Nc1cccc(-c2ccco2)c1)c1cccnc1. The largest absolute Gasteiger partial charge is 0.464 e. The predicted molar refractivity (Wildman–Crippen MR) is 76.3 cm³/mol. The fourth-order valence-electron chi connectivity index (χ4n) is 1.89. The molecular formula is C16H12N2O2. The summed E-state index contributed by atoms with van der Waals surface area (Å²) >= 11 is 0. The number of nitrogens with zero attached hydrogens (tertiary/aromatic N) is 1. The van der Waals surface area contributed by atoms with Gasteiger partial charge in [0, 0.05) is 23.6 Å². The van der Waals surface area contributed by atoms with E-state index in [9.17, 15) is 4.79 Å². The van der Waals surface area contributed by atoms with Crippen LogP contribution in [0.25, 0.3) is 11.3 Å². The summed E-state index contributed by atoms with van der Waals surface area (Å²) in [7, 11) is 0. The van der Waals surface area contributed by atoms with Crippen LogP contribution in [0.2, 0.25) is 0 Å². The number of nitrogens with one attached hydrogen (secondary N) is 1. The van der Waals surface area contributed by atoms with Crippen molar-refractivity contribution in [3.8, 4) is 11.3 Å². The van der Waals surface area contributed by atoms with Crippen LogP contribution in [0.1, 0.15) is 10.4 Å². The molecule has 0 radical (unpaired) electrons. The highest BCUT2D eigenvalue weighted by Gasteiger charge is 2.07. The smallest absolute Gasteiger partial charge is 0.257 e. The van der Waals surface area contributed by atoms with Gasteiger partial charge >= 0.3 is 0 Å². The summed E-state index contributed by atoms with van der Waals surface area (Å²) in [6, 6.07) is 14.7. The zero-order chi connectivity index (χ0) is 13.8. The lowest BCUT2D eigenvalue weighted by molar-refractivity contribution is 0.102. The van der Waals surface area contributed by atoms with E-state index in [0.717, 1.165) is 11.3 Å². The second-order valence-corrected chi connectivity index (χ2v) is 4.25. The number of rotatable bonds is 3. The van der Waals surface area contributed by atoms with Gasteiger partial charge in [-0.2, -0.15) is 0 Å². The van der Waals surface area contributed by atoms with Gasteiger partial charge in [-0.25, -0.2) is 0 Å². The summed E-state index contributed by atoms with van der Waals surface area (Å²) in [5.41, 5.74) is 2.16. The second-order valence-electron chi connectivity index (χ2n) is 4.25. The van der Waals surface area contributed by atoms with Crippen molar-refractivity contribution >= 4 is 11.6 Å². The molecule has 3 aromatic rings. The lowest BCUT2D eigenvalue weighted by Gasteiger charge is -2.06. The molecule has 2 aromatic heterocycles. The van der Waals surface area contributed by atoms with E-state index in [2.05, 4.69) is 10.3 Å². The van der Waals surface area contributed by atoms with Gasteiger partial charge in [-0.05, 0) is 36.4 Å². The van der Waals surface area contributed by atoms with Crippen LogP contribution in [0.4, 0.5) is 5.69 Å². The first-order chi connectivity index (χ1) is 9.83. The Balaban J connectivity index is 1.82. The highest BCUT2D eigenvalue weighted by Crippen LogP contribution is 2.23. The summed E-state index contributed by atoms with van der Waals surface area (Å²) in [6.07, 6.45) is 4.79. The number of hydrogen-bond donors (Lipinski definition) is 1. The number of anilines is 1. The Hall–Kier alpha value is -2.88. The number of amides is 1. The molecule has 20 heavy (non-hydrogen) atoms. The molecule has 0 saturated carbocycles. The van der Waals surface area contributed by atoms with Gasteiger partial charge in [0.1, 0.15) is 5.76 Å². The van der Waals surface area contributed by atoms with Gasteiger partial charge in [-0.15, -0.1) is 0 Å². The van der Waals surface area contributed by atoms with E-state index >= 15 is 0 Å². The molecule has 0 unspecified atom stereocenters. The minimum absolute atomic E-state index is 0.185. The number of furan rings is 1. The Morgan fingerprint density at radius 3 is 2.80 bits per heavy atom. The lowest BCUT2D eigenvalue weighted by atomic mass is 10.1. The fraction of sp³-hybridized carbons (Fsp3) is 0. The van der Waals surface area contributed by atoms with Crippen LogP contribution in [0.3, 0.4) is 0 Å². The molecule has 1 N–H and O–H groups in total. The van der Waals surface area contributed by atoms with Crippen LogP contribution in [0.15, 0.2) is 71.6 Å². The van der Waals surface area contributed by atoms with E-state index in [0.29, 0.717) is 11.3 Å². The molecule has 0 aliphatic rings. The third kappa shape index (κ3) is 2.59. The van der Waals surface area contributed by atoms with Gasteiger partial charge in [0.25, 0.3) is 5.91 Å². The average molecular weight is 264 g/mol. The zero-order valence-electron chi connectivity index (χ0n) is 10.6. The summed E-state index contributed by atoms with van der Waals surface area (Å²) in [5.74, 6) is 0.581. The number of aromatic nitrogens is 1. The van der Waals surface area contributed by atoms with E-state index in [1.165, 1.54) is 6.20 Å². The minimum atomic E-state index is -0.185. The van der Waals surface area contributed by atoms with E-state index in [4.69, 9.17) is 4.42 Å². The van der Waals surface area contributed by atoms with E-state index < -0.39 is 0 Å². The maximum Gasteiger partial charge on any atom is 0.257 e. The maximum absolute atomic E-state index is 12.0. The molecule has 98 valence electrons. The molecular weight excluding hydrogens is 252 g/mol. The zero-order valence-corrected chi connectivity index (χ0v) is 10.6. The van der Waals surface area contributed by atoms with Crippen molar-refractivity contribution in [1.82, 2.24) is 4.98 Å². The Kier molecular flexibility index (Phi) is 3.29. The number of carbonyl (C=O) groups is 1. The van der Waals surface area contributed by atoms with Gasteiger partial charge < -0.3 is 9.73 Å². The summed E-state index contributed by atoms with van der Waals surface area (Å²) < 4.78 is 5.34. The van der Waals surface area contributed by atoms with Crippen LogP contribution in [0.5, 0.6) is 0 Å². The van der Waals surface area contributed by atoms with Crippen LogP contribution < -0.4 is 5.32 Å². The third-order valence-electron chi connectivity index (χ3n) is 2.85. The molecule has 1 aromatic carbocycles. The molecule has 2 heterocycles. The fourth-order valence-corrected chi connectivity index (χ4v) is 1.89. The van der Waals surface area contributed by atoms with Gasteiger partial charge in [-0.3, -0.25) is 9.78 Å². The van der Waals surface area contributed by atoms with Crippen LogP contribution in [-0.4, -0.2) is 10.9 Å². The Bertz CT molecular complexity index is 706. The minimum Gasteiger partial charge on any atom is -0.464 e. The van der Waals surface area contributed by atoms with E-state index in [1.807, 2.05) is 36.4 Å². The molecule has 0 spiro atoms. The van der Waals surface area contributed by atoms with Crippen molar-refractivity contribution in [3.05, 3.63) is 72.8 Å². The van der Waals surface area contributed by atoms with Gasteiger partial charge in [0.05, 0.1) is 11.8 Å². The average Bonchev–Trinajstić information content (AvgIpc) is 3.03. The quantitative estimate of drug-likeness (QED) is 0.786. The molecule has 0 aliphatic carbocycles. The molecule has 1 amide bonds. The summed E-state index contributed by atoms with van der Waals surface area (Å²) in [6.45, 7) is 0. The van der Waals surface area contributed by atoms with Crippen molar-refractivity contribution in [2.24, 2.45) is 0 Å². The van der Waals surface area contributed by atoms with E-state index in [1.54, 1.807) is 24.6 Å². The van der Waals surface area contributed by atoms with Crippen LogP contribution >= 0.6 is 0 Å². The van der Waals surface area contributed by atoms with Crippen LogP contribution in [-0.2, 0) is 0 Å². The number of benzene rings is 1. The summed E-state index contributed by atoms with van der Waals surface area (Å²) in [4.78, 5) is 16.0. The molecule has 0 fully saturated rings. The number of hydrogen-bond acceptors (Lipinski definition) is 3. The highest BCUT2D eigenvalue weighted by atomic mass is 16.3. The normalized spacial score (nSPS) is 10.2. The Labute approximate surface area is 116 Å². The molecule has 4 heteroatoms. The van der Waals surface area contributed by atoms with Crippen molar-refractivity contribution in [3.63, 3.8) is 0 Å². The van der Waals surface area contributed by atoms with Crippen molar-refractivity contribution in [2.45, 2.75) is 0 Å². The second kappa shape index (κ2) is 5.40. The molecule has 3 rings (SSSR count). The third-order valence-corrected chi connectivity index (χ3v) is 2.85. The first kappa shape index (κ1) is 12.2. The topological polar surface area (TPSA) is 55.1 Å². The van der Waals surface area contributed by atoms with E-state index in [-0.39, 0.29) is 5.91 Å². The number of pyridine rings is 1. The Morgan fingerprint density at radius 1 is 1.10 bits per heavy atom. The molecule has 4 nitrogen and oxygen atoms in total. The maximum atomic E-state index is 12.0. The standard InChI is InChI=1S/C16H12N2O2/c19-16(13-5-2-8-17-11-13)18-14-6-1-4-12(10-14)15-7-3-9-20-15/h1-11H,(H,18,19). The van der Waals surface area contributed by atoms with Crippen LogP contribution in [0, 0.1) is 0 Å². The Morgan fingerprint density at radius 2 is 2.05 bits per heavy atom. The molecule has 0 saturated heterocycles. The highest BCUT2D eigenvalue weighted by molar-refractivity contribution is 6.04. The first-order valence-corrected chi connectivity index (χ1v) is 6.18. The lowest BCUT2D eigenvalue weighted by Crippen LogP contribution is -2.11. The molecule has 0 aliphatic heterocycles. The predicted octanol–water partition coefficient (Wildman–Crippen LogP) is 3.59. The summed E-state index contributed by atoms with van der Waals surface area (Å²) in [5, 5.41) is 2.84. The number of carbonyl (C=O) groups excluding carboxylic acids is 1.